The predicted molar refractivity (Wildman–Crippen MR) is 117 cm³/mol. The topological polar surface area (TPSA) is 234 Å². The first kappa shape index (κ1) is 29.6. The molecule has 0 aromatic rings. The molecule has 0 saturated heterocycles. The molecule has 13 nitrogen and oxygen atoms in total. The zero-order valence-electron chi connectivity index (χ0n) is 17.8. The Morgan fingerprint density at radius 1 is 0.906 bits per heavy atom. The summed E-state index contributed by atoms with van der Waals surface area (Å²) in [5.74, 6) is -5.17. The first-order valence-corrected chi connectivity index (χ1v) is 10.7. The monoisotopic (exact) mass is 479 g/mol. The van der Waals surface area contributed by atoms with Crippen molar-refractivity contribution in [1.29, 1.82) is 0 Å². The average Bonchev–Trinajstić information content (AvgIpc) is 2.72. The number of aliphatic hydroxyl groups excluding tert-OH is 1. The molecule has 0 aliphatic heterocycles. The molecule has 0 heterocycles. The van der Waals surface area contributed by atoms with Crippen molar-refractivity contribution < 1.29 is 39.3 Å². The third-order valence-corrected chi connectivity index (χ3v) is 4.81. The van der Waals surface area contributed by atoms with Crippen LogP contribution in [0, 0.1) is 0 Å². The van der Waals surface area contributed by atoms with Crippen LogP contribution in [0.1, 0.15) is 39.0 Å². The number of aliphatic carboxylic acids is 2. The van der Waals surface area contributed by atoms with Gasteiger partial charge in [0.2, 0.25) is 17.7 Å². The largest absolute Gasteiger partial charge is 0.481 e. The number of carboxylic acids is 2. The van der Waals surface area contributed by atoms with Crippen LogP contribution in [0.2, 0.25) is 0 Å². The zero-order chi connectivity index (χ0) is 24.8. The van der Waals surface area contributed by atoms with Crippen molar-refractivity contribution in [2.45, 2.75) is 69.3 Å². The number of carbonyl (C=O) groups excluding carboxylic acids is 3. The first-order chi connectivity index (χ1) is 14.9. The molecule has 5 unspecified atom stereocenters. The predicted octanol–water partition coefficient (Wildman–Crippen LogP) is -2.84. The maximum absolute atomic E-state index is 12.5. The molecule has 5 atom stereocenters. The van der Waals surface area contributed by atoms with Crippen LogP contribution in [0.15, 0.2) is 0 Å². The van der Waals surface area contributed by atoms with Crippen LogP contribution in [-0.2, 0) is 24.0 Å². The number of thiol groups is 1. The highest BCUT2D eigenvalue weighted by Gasteiger charge is 2.32. The van der Waals surface area contributed by atoms with Crippen molar-refractivity contribution in [3.63, 3.8) is 0 Å². The van der Waals surface area contributed by atoms with Crippen molar-refractivity contribution in [3.05, 3.63) is 0 Å². The molecule has 0 radical (unpaired) electrons. The lowest BCUT2D eigenvalue weighted by Gasteiger charge is -2.26. The van der Waals surface area contributed by atoms with Crippen LogP contribution in [0.4, 0.5) is 0 Å². The second-order valence-electron chi connectivity index (χ2n) is 7.19. The van der Waals surface area contributed by atoms with E-state index in [1.807, 2.05) is 0 Å². The van der Waals surface area contributed by atoms with Gasteiger partial charge in [0.25, 0.3) is 0 Å². The van der Waals surface area contributed by atoms with Gasteiger partial charge in [-0.15, -0.1) is 0 Å². The Morgan fingerprint density at radius 3 is 1.97 bits per heavy atom. The molecule has 0 aromatic carbocycles. The summed E-state index contributed by atoms with van der Waals surface area (Å²) in [5, 5.41) is 34.7. The normalized spacial score (nSPS) is 15.5. The van der Waals surface area contributed by atoms with Crippen LogP contribution >= 0.6 is 12.6 Å². The third kappa shape index (κ3) is 11.3. The lowest BCUT2D eigenvalue weighted by Crippen LogP contribution is -2.60. The lowest BCUT2D eigenvalue weighted by atomic mass is 10.1. The Hall–Kier alpha value is -2.42. The summed E-state index contributed by atoms with van der Waals surface area (Å²) in [5.41, 5.74) is 11.0. The number of nitrogens with two attached hydrogens (primary N) is 2. The highest BCUT2D eigenvalue weighted by Crippen LogP contribution is 2.04. The number of aliphatic hydroxyl groups is 1. The van der Waals surface area contributed by atoms with Crippen molar-refractivity contribution in [2.75, 3.05) is 12.3 Å². The first-order valence-electron chi connectivity index (χ1n) is 10.0. The van der Waals surface area contributed by atoms with E-state index in [4.69, 9.17) is 16.6 Å². The number of rotatable bonds is 16. The van der Waals surface area contributed by atoms with E-state index in [1.165, 1.54) is 6.92 Å². The Morgan fingerprint density at radius 2 is 1.50 bits per heavy atom. The lowest BCUT2D eigenvalue weighted by molar-refractivity contribution is -0.143. The minimum atomic E-state index is -1.50. The minimum absolute atomic E-state index is 0.113. The van der Waals surface area contributed by atoms with E-state index in [2.05, 4.69) is 28.6 Å². The molecule has 0 spiro atoms. The Labute approximate surface area is 191 Å². The van der Waals surface area contributed by atoms with E-state index in [0.717, 1.165) is 0 Å². The van der Waals surface area contributed by atoms with Crippen molar-refractivity contribution in [1.82, 2.24) is 16.0 Å². The molecular formula is C18H33N5O8S. The fourth-order valence-corrected chi connectivity index (χ4v) is 2.81. The highest BCUT2D eigenvalue weighted by molar-refractivity contribution is 7.80. The van der Waals surface area contributed by atoms with Gasteiger partial charge in [0, 0.05) is 12.2 Å². The second kappa shape index (κ2) is 15.4. The molecule has 32 heavy (non-hydrogen) atoms. The molecule has 0 aromatic heterocycles. The van der Waals surface area contributed by atoms with Crippen LogP contribution in [-0.4, -0.2) is 87.5 Å². The number of carboxylic acid groups (broad SMARTS) is 2. The number of carbonyl (C=O) groups is 5. The van der Waals surface area contributed by atoms with E-state index in [1.54, 1.807) is 0 Å². The summed E-state index contributed by atoms with van der Waals surface area (Å²) >= 11 is 3.98. The highest BCUT2D eigenvalue weighted by atomic mass is 32.1. The summed E-state index contributed by atoms with van der Waals surface area (Å²) in [7, 11) is 0. The fraction of sp³-hybridized carbons (Fsp3) is 0.722. The van der Waals surface area contributed by atoms with E-state index < -0.39 is 59.9 Å². The molecule has 10 N–H and O–H groups in total. The van der Waals surface area contributed by atoms with Gasteiger partial charge in [0.1, 0.15) is 18.1 Å². The average molecular weight is 480 g/mol. The number of hydrogen-bond acceptors (Lipinski definition) is 9. The van der Waals surface area contributed by atoms with Gasteiger partial charge in [0.15, 0.2) is 0 Å². The fourth-order valence-electron chi connectivity index (χ4n) is 2.55. The van der Waals surface area contributed by atoms with Crippen LogP contribution in [0.25, 0.3) is 0 Å². The van der Waals surface area contributed by atoms with Crippen molar-refractivity contribution >= 4 is 42.3 Å². The van der Waals surface area contributed by atoms with E-state index in [-0.39, 0.29) is 25.0 Å². The van der Waals surface area contributed by atoms with E-state index in [0.29, 0.717) is 19.4 Å². The summed E-state index contributed by atoms with van der Waals surface area (Å²) < 4.78 is 0. The molecule has 184 valence electrons. The summed E-state index contributed by atoms with van der Waals surface area (Å²) in [6.45, 7) is 1.59. The van der Waals surface area contributed by atoms with Gasteiger partial charge in [-0.2, -0.15) is 12.6 Å². The van der Waals surface area contributed by atoms with E-state index >= 15 is 0 Å². The molecule has 0 fully saturated rings. The van der Waals surface area contributed by atoms with Gasteiger partial charge in [-0.25, -0.2) is 4.79 Å². The Bertz CT molecular complexity index is 663. The zero-order valence-corrected chi connectivity index (χ0v) is 18.7. The number of nitrogens with one attached hydrogen (secondary N) is 3. The Balaban J connectivity index is 5.09. The summed E-state index contributed by atoms with van der Waals surface area (Å²) in [6, 6.07) is -5.16. The smallest absolute Gasteiger partial charge is 0.326 e. The maximum Gasteiger partial charge on any atom is 0.326 e. The molecular weight excluding hydrogens is 446 g/mol. The molecule has 0 aliphatic rings. The Kier molecular flexibility index (Phi) is 14.2. The molecule has 0 saturated carbocycles. The van der Waals surface area contributed by atoms with Gasteiger partial charge < -0.3 is 42.7 Å². The quantitative estimate of drug-likeness (QED) is 0.0812. The SMILES string of the molecule is CC(O)C(NC(=O)C(CS)NC(=O)C(N)CCC(=O)O)C(=O)NC(CCCCN)C(=O)O. The molecule has 0 aliphatic carbocycles. The van der Waals surface area contributed by atoms with Gasteiger partial charge in [-0.05, 0) is 39.2 Å². The number of amides is 3. The second-order valence-corrected chi connectivity index (χ2v) is 7.56. The number of hydrogen-bond donors (Lipinski definition) is 9. The molecule has 3 amide bonds. The van der Waals surface area contributed by atoms with Crippen molar-refractivity contribution in [2.24, 2.45) is 11.5 Å². The van der Waals surface area contributed by atoms with Crippen LogP contribution < -0.4 is 27.4 Å². The maximum atomic E-state index is 12.5. The van der Waals surface area contributed by atoms with E-state index in [9.17, 15) is 34.2 Å². The van der Waals surface area contributed by atoms with Gasteiger partial charge in [0.05, 0.1) is 12.1 Å². The molecule has 14 heteroatoms. The van der Waals surface area contributed by atoms with Crippen LogP contribution in [0.5, 0.6) is 0 Å². The minimum Gasteiger partial charge on any atom is -0.481 e. The third-order valence-electron chi connectivity index (χ3n) is 4.45. The molecule has 0 rings (SSSR count). The summed E-state index contributed by atoms with van der Waals surface area (Å²) in [4.78, 5) is 59.1. The summed E-state index contributed by atoms with van der Waals surface area (Å²) in [6.07, 6.45) is -0.744. The van der Waals surface area contributed by atoms with Gasteiger partial charge in [-0.1, -0.05) is 0 Å². The van der Waals surface area contributed by atoms with Crippen LogP contribution in [0.3, 0.4) is 0 Å². The van der Waals surface area contributed by atoms with Gasteiger partial charge >= 0.3 is 11.9 Å². The van der Waals surface area contributed by atoms with Crippen molar-refractivity contribution in [3.8, 4) is 0 Å². The molecule has 0 bridgehead atoms. The standard InChI is InChI=1S/C18H33N5O8S/c1-9(24)14(17(29)21-11(18(30)31)4-2-3-7-19)23-16(28)12(8-32)22-15(27)10(20)5-6-13(25)26/h9-12,14,24,32H,2-8,19-20H2,1H3,(H,21,29)(H,22,27)(H,23,28)(H,25,26)(H,30,31). The number of unbranched alkanes of at least 4 members (excludes halogenated alkanes) is 1. The van der Waals surface area contributed by atoms with Gasteiger partial charge in [-0.3, -0.25) is 19.2 Å².